The highest BCUT2D eigenvalue weighted by molar-refractivity contribution is 7.98. The number of carbonyl (C=O) groups excluding carboxylic acids is 2. The number of hydrogen-bond donors (Lipinski definition) is 3. The number of methoxy groups -OCH3 is 1. The van der Waals surface area contributed by atoms with E-state index in [1.54, 1.807) is 17.8 Å². The van der Waals surface area contributed by atoms with Crippen LogP contribution < -0.4 is 15.8 Å². The highest BCUT2D eigenvalue weighted by Crippen LogP contribution is 2.28. The molecular formula is C28H38N2O4S2. The summed E-state index contributed by atoms with van der Waals surface area (Å²) in [6.07, 6.45) is 6.47. The van der Waals surface area contributed by atoms with Crippen LogP contribution in [0.15, 0.2) is 60.7 Å². The Kier molecular flexibility index (Phi) is 12.9. The second-order valence-corrected chi connectivity index (χ2v) is 10.2. The number of nitrogens with two attached hydrogens (primary N) is 1. The van der Waals surface area contributed by atoms with Gasteiger partial charge in [-0.1, -0.05) is 56.3 Å². The number of thioether (sulfide) groups is 1. The van der Waals surface area contributed by atoms with Crippen LogP contribution in [0.5, 0.6) is 5.75 Å². The highest BCUT2D eigenvalue weighted by Gasteiger charge is 2.24. The first kappa shape index (κ1) is 29.8. The van der Waals surface area contributed by atoms with Crippen LogP contribution in [0.25, 0.3) is 11.1 Å². The van der Waals surface area contributed by atoms with E-state index in [0.29, 0.717) is 36.0 Å². The van der Waals surface area contributed by atoms with Gasteiger partial charge in [0.05, 0.1) is 19.3 Å². The molecule has 8 heteroatoms. The minimum Gasteiger partial charge on any atom is -0.493 e. The van der Waals surface area contributed by atoms with Gasteiger partial charge in [-0.25, -0.2) is 4.79 Å². The number of esters is 1. The maximum Gasteiger partial charge on any atom is 0.328 e. The third kappa shape index (κ3) is 9.22. The maximum absolute atomic E-state index is 13.4. The standard InChI is InChI=1S/C28H38N2O4S2/c1-19(2)21(10-11-22(29)18-35)17-34-23-12-13-24(20-8-6-5-7-9-20)25(16-23)27(31)30-26(14-15-36-4)28(32)33-3/h5-13,16,19,21-22,26,35H,14-15,17-18,29H2,1-4H3,(H,30,31). The summed E-state index contributed by atoms with van der Waals surface area (Å²) in [6, 6.07) is 14.3. The lowest BCUT2D eigenvalue weighted by Gasteiger charge is -2.20. The van der Waals surface area contributed by atoms with E-state index in [1.165, 1.54) is 7.11 Å². The van der Waals surface area contributed by atoms with Gasteiger partial charge in [0.25, 0.3) is 5.91 Å². The predicted molar refractivity (Wildman–Crippen MR) is 153 cm³/mol. The van der Waals surface area contributed by atoms with Gasteiger partial charge in [0.1, 0.15) is 11.8 Å². The molecule has 3 atom stereocenters. The predicted octanol–water partition coefficient (Wildman–Crippen LogP) is 4.84. The third-order valence-corrected chi connectivity index (χ3v) is 6.90. The van der Waals surface area contributed by atoms with Crippen molar-refractivity contribution in [2.75, 3.05) is 31.5 Å². The van der Waals surface area contributed by atoms with Crippen molar-refractivity contribution in [3.63, 3.8) is 0 Å². The van der Waals surface area contributed by atoms with Gasteiger partial charge >= 0.3 is 5.97 Å². The SMILES string of the molecule is COC(=O)C(CCSC)NC(=O)c1cc(OCC(C=CC(N)CS)C(C)C)ccc1-c1ccccc1. The monoisotopic (exact) mass is 530 g/mol. The number of thiol groups is 1. The van der Waals surface area contributed by atoms with E-state index < -0.39 is 12.0 Å². The van der Waals surface area contributed by atoms with E-state index in [-0.39, 0.29) is 17.9 Å². The number of amides is 1. The minimum atomic E-state index is -0.727. The topological polar surface area (TPSA) is 90.6 Å². The zero-order valence-corrected chi connectivity index (χ0v) is 23.2. The van der Waals surface area contributed by atoms with E-state index in [0.717, 1.165) is 16.9 Å². The van der Waals surface area contributed by atoms with Gasteiger partial charge in [-0.15, -0.1) is 0 Å². The maximum atomic E-state index is 13.4. The molecule has 0 aliphatic heterocycles. The molecule has 0 heterocycles. The van der Waals surface area contributed by atoms with Crippen LogP contribution in [0.4, 0.5) is 0 Å². The summed E-state index contributed by atoms with van der Waals surface area (Å²) >= 11 is 5.84. The summed E-state index contributed by atoms with van der Waals surface area (Å²) in [5.74, 6) is 1.55. The number of rotatable bonds is 14. The fourth-order valence-corrected chi connectivity index (χ4v) is 4.14. The van der Waals surface area contributed by atoms with Crippen molar-refractivity contribution >= 4 is 36.3 Å². The highest BCUT2D eigenvalue weighted by atomic mass is 32.2. The molecule has 0 aliphatic carbocycles. The molecule has 0 fully saturated rings. The molecule has 0 aromatic heterocycles. The van der Waals surface area contributed by atoms with Crippen LogP contribution in [-0.2, 0) is 9.53 Å². The van der Waals surface area contributed by atoms with E-state index in [1.807, 2.05) is 54.8 Å². The molecule has 3 unspecified atom stereocenters. The summed E-state index contributed by atoms with van der Waals surface area (Å²) < 4.78 is 11.0. The Labute approximate surface area is 224 Å². The fraction of sp³-hybridized carbons (Fsp3) is 0.429. The third-order valence-electron chi connectivity index (χ3n) is 5.84. The van der Waals surface area contributed by atoms with Crippen LogP contribution in [0, 0.1) is 11.8 Å². The van der Waals surface area contributed by atoms with Crippen molar-refractivity contribution in [3.8, 4) is 16.9 Å². The summed E-state index contributed by atoms with van der Waals surface area (Å²) in [7, 11) is 1.33. The first-order chi connectivity index (χ1) is 17.3. The quantitative estimate of drug-likeness (QED) is 0.184. The van der Waals surface area contributed by atoms with Crippen molar-refractivity contribution in [1.82, 2.24) is 5.32 Å². The molecule has 2 aromatic carbocycles. The first-order valence-electron chi connectivity index (χ1n) is 12.0. The Morgan fingerprint density at radius 2 is 1.86 bits per heavy atom. The van der Waals surface area contributed by atoms with E-state index in [9.17, 15) is 9.59 Å². The summed E-state index contributed by atoms with van der Waals surface area (Å²) in [5, 5.41) is 2.86. The van der Waals surface area contributed by atoms with Gasteiger partial charge in [0.15, 0.2) is 0 Å². The summed E-state index contributed by atoms with van der Waals surface area (Å²) in [5.41, 5.74) is 8.07. The average Bonchev–Trinajstić information content (AvgIpc) is 2.90. The molecule has 3 N–H and O–H groups in total. The molecule has 0 saturated heterocycles. The summed E-state index contributed by atoms with van der Waals surface area (Å²) in [4.78, 5) is 25.7. The van der Waals surface area contributed by atoms with Crippen molar-refractivity contribution in [1.29, 1.82) is 0 Å². The van der Waals surface area contributed by atoms with Crippen molar-refractivity contribution in [3.05, 3.63) is 66.2 Å². The van der Waals surface area contributed by atoms with E-state index in [4.69, 9.17) is 15.2 Å². The van der Waals surface area contributed by atoms with Crippen LogP contribution in [0.2, 0.25) is 0 Å². The Hall–Kier alpha value is -2.42. The van der Waals surface area contributed by atoms with Gasteiger partial charge in [-0.3, -0.25) is 4.79 Å². The van der Waals surface area contributed by atoms with Crippen LogP contribution in [0.3, 0.4) is 0 Å². The Bertz CT molecular complexity index is 998. The molecular weight excluding hydrogens is 492 g/mol. The smallest absolute Gasteiger partial charge is 0.328 e. The molecule has 0 radical (unpaired) electrons. The van der Waals surface area contributed by atoms with Crippen molar-refractivity contribution < 1.29 is 19.1 Å². The second kappa shape index (κ2) is 15.6. The molecule has 0 bridgehead atoms. The van der Waals surface area contributed by atoms with Crippen LogP contribution >= 0.6 is 24.4 Å². The minimum absolute atomic E-state index is 0.107. The van der Waals surface area contributed by atoms with Gasteiger partial charge in [-0.05, 0) is 53.7 Å². The largest absolute Gasteiger partial charge is 0.493 e. The van der Waals surface area contributed by atoms with Crippen molar-refractivity contribution in [2.45, 2.75) is 32.4 Å². The number of hydrogen-bond acceptors (Lipinski definition) is 7. The molecule has 0 saturated carbocycles. The average molecular weight is 531 g/mol. The Balaban J connectivity index is 2.33. The molecule has 1 amide bonds. The summed E-state index contributed by atoms with van der Waals surface area (Å²) in [6.45, 7) is 4.70. The molecule has 6 nitrogen and oxygen atoms in total. The van der Waals surface area contributed by atoms with Gasteiger partial charge in [-0.2, -0.15) is 24.4 Å². The molecule has 0 spiro atoms. The van der Waals surface area contributed by atoms with Crippen LogP contribution in [-0.4, -0.2) is 55.4 Å². The Morgan fingerprint density at radius 3 is 2.47 bits per heavy atom. The molecule has 2 rings (SSSR count). The fourth-order valence-electron chi connectivity index (χ4n) is 3.54. The number of ether oxygens (including phenoxy) is 2. The number of carbonyl (C=O) groups is 2. The second-order valence-electron chi connectivity index (χ2n) is 8.85. The van der Waals surface area contributed by atoms with E-state index >= 15 is 0 Å². The lowest BCUT2D eigenvalue weighted by atomic mass is 9.95. The zero-order chi connectivity index (χ0) is 26.5. The first-order valence-corrected chi connectivity index (χ1v) is 14.1. The molecule has 0 aliphatic rings. The molecule has 2 aromatic rings. The Morgan fingerprint density at radius 1 is 1.14 bits per heavy atom. The van der Waals surface area contributed by atoms with Crippen molar-refractivity contribution in [2.24, 2.45) is 17.6 Å². The number of benzene rings is 2. The zero-order valence-electron chi connectivity index (χ0n) is 21.5. The molecule has 36 heavy (non-hydrogen) atoms. The number of nitrogens with one attached hydrogen (secondary N) is 1. The lowest BCUT2D eigenvalue weighted by Crippen LogP contribution is -2.42. The normalized spacial score (nSPS) is 13.9. The van der Waals surface area contributed by atoms with Crippen LogP contribution in [0.1, 0.15) is 30.6 Å². The van der Waals surface area contributed by atoms with Gasteiger partial charge in [0, 0.05) is 17.7 Å². The van der Waals surface area contributed by atoms with E-state index in [2.05, 4.69) is 37.9 Å². The van der Waals surface area contributed by atoms with Gasteiger partial charge in [0.2, 0.25) is 0 Å². The lowest BCUT2D eigenvalue weighted by molar-refractivity contribution is -0.142. The van der Waals surface area contributed by atoms with Gasteiger partial charge < -0.3 is 20.5 Å². The molecule has 196 valence electrons.